The second-order valence-electron chi connectivity index (χ2n) is 11.7. The molecule has 0 fully saturated rings. The first-order chi connectivity index (χ1) is 25.4. The molecule has 0 saturated carbocycles. The molecule has 0 spiro atoms. The van der Waals surface area contributed by atoms with Crippen LogP contribution in [0.2, 0.25) is 0 Å². The first-order valence-electron chi connectivity index (χ1n) is 16.9. The van der Waals surface area contributed by atoms with Crippen molar-refractivity contribution in [1.29, 1.82) is 0 Å². The summed E-state index contributed by atoms with van der Waals surface area (Å²) in [5.74, 6) is -0.364. The topological polar surface area (TPSA) is 96.5 Å². The molecule has 6 aromatic carbocycles. The number of rotatable bonds is 13. The average molecular weight is 704 g/mol. The third-order valence-corrected chi connectivity index (χ3v) is 9.22. The number of hydrogen-bond donors (Lipinski definition) is 3. The fourth-order valence-electron chi connectivity index (χ4n) is 5.40. The normalized spacial score (nSPS) is 11.6. The molecule has 0 aliphatic heterocycles. The van der Waals surface area contributed by atoms with Crippen LogP contribution >= 0.6 is 11.8 Å². The quantitative estimate of drug-likeness (QED) is 0.0823. The van der Waals surface area contributed by atoms with Crippen molar-refractivity contribution in [1.82, 2.24) is 5.32 Å². The number of ether oxygens (including phenoxy) is 1. The van der Waals surface area contributed by atoms with Crippen molar-refractivity contribution in [3.8, 4) is 16.9 Å². The molecule has 6 rings (SSSR count). The first-order valence-corrected chi connectivity index (χ1v) is 17.7. The van der Waals surface area contributed by atoms with E-state index in [4.69, 9.17) is 4.74 Å². The molecule has 1 atom stereocenters. The Hall–Kier alpha value is -6.38. The van der Waals surface area contributed by atoms with E-state index >= 15 is 0 Å². The van der Waals surface area contributed by atoms with Crippen LogP contribution in [-0.4, -0.2) is 24.3 Å². The van der Waals surface area contributed by atoms with E-state index in [0.29, 0.717) is 23.5 Å². The monoisotopic (exact) mass is 703 g/mol. The van der Waals surface area contributed by atoms with Crippen LogP contribution in [0.4, 0.5) is 11.4 Å². The zero-order valence-corrected chi connectivity index (χ0v) is 29.3. The summed E-state index contributed by atoms with van der Waals surface area (Å²) in [4.78, 5) is 41.5. The van der Waals surface area contributed by atoms with Gasteiger partial charge in [-0.25, -0.2) is 0 Å². The molecule has 0 aromatic heterocycles. The van der Waals surface area contributed by atoms with Gasteiger partial charge in [-0.2, -0.15) is 0 Å². The predicted molar refractivity (Wildman–Crippen MR) is 210 cm³/mol. The molecule has 6 aromatic rings. The number of anilines is 2. The molecule has 0 saturated heterocycles. The van der Waals surface area contributed by atoms with E-state index < -0.39 is 17.1 Å². The van der Waals surface area contributed by atoms with E-state index in [1.54, 1.807) is 36.4 Å². The van der Waals surface area contributed by atoms with Crippen LogP contribution in [-0.2, 0) is 9.59 Å². The Labute approximate surface area is 307 Å². The smallest absolute Gasteiger partial charge is 0.272 e. The SMILES string of the molecule is CCOc1ccc(NC(=O)C(Sc2cccc(NC(=O)/C(=C\c3ccc(-c4ccccc4)cc3)NC(=O)c3ccccc3)c2)c2ccccc2)cc1. The summed E-state index contributed by atoms with van der Waals surface area (Å²) in [5, 5.41) is 8.20. The van der Waals surface area contributed by atoms with Crippen molar-refractivity contribution < 1.29 is 19.1 Å². The highest BCUT2D eigenvalue weighted by atomic mass is 32.2. The summed E-state index contributed by atoms with van der Waals surface area (Å²) in [5.41, 5.74) is 5.35. The van der Waals surface area contributed by atoms with E-state index in [1.165, 1.54) is 11.8 Å². The largest absolute Gasteiger partial charge is 0.494 e. The summed E-state index contributed by atoms with van der Waals surface area (Å²) in [6, 6.07) is 50.6. The third-order valence-electron chi connectivity index (χ3n) is 7.98. The Morgan fingerprint density at radius 1 is 0.654 bits per heavy atom. The molecule has 3 N–H and O–H groups in total. The van der Waals surface area contributed by atoms with Crippen LogP contribution < -0.4 is 20.7 Å². The number of carbonyl (C=O) groups excluding carboxylic acids is 3. The number of benzene rings is 6. The molecule has 52 heavy (non-hydrogen) atoms. The lowest BCUT2D eigenvalue weighted by atomic mass is 10.0. The van der Waals surface area contributed by atoms with Gasteiger partial charge in [0.05, 0.1) is 6.61 Å². The average Bonchev–Trinajstić information content (AvgIpc) is 3.19. The second-order valence-corrected chi connectivity index (χ2v) is 12.9. The third kappa shape index (κ3) is 9.65. The van der Waals surface area contributed by atoms with Gasteiger partial charge in [0.1, 0.15) is 16.7 Å². The summed E-state index contributed by atoms with van der Waals surface area (Å²) >= 11 is 1.37. The molecule has 1 unspecified atom stereocenters. The second kappa shape index (κ2) is 17.5. The fraction of sp³-hybridized carbons (Fsp3) is 0.0682. The summed E-state index contributed by atoms with van der Waals surface area (Å²) in [6.07, 6.45) is 1.65. The van der Waals surface area contributed by atoms with Gasteiger partial charge in [0.25, 0.3) is 11.8 Å². The maximum atomic E-state index is 13.8. The highest BCUT2D eigenvalue weighted by Gasteiger charge is 2.23. The van der Waals surface area contributed by atoms with E-state index in [-0.39, 0.29) is 11.6 Å². The molecule has 3 amide bonds. The van der Waals surface area contributed by atoms with E-state index in [0.717, 1.165) is 32.9 Å². The minimum Gasteiger partial charge on any atom is -0.494 e. The lowest BCUT2D eigenvalue weighted by Crippen LogP contribution is -2.30. The van der Waals surface area contributed by atoms with Gasteiger partial charge in [-0.1, -0.05) is 109 Å². The Bertz CT molecular complexity index is 2140. The molecule has 0 aliphatic carbocycles. The van der Waals surface area contributed by atoms with E-state index in [9.17, 15) is 14.4 Å². The molecule has 258 valence electrons. The predicted octanol–water partition coefficient (Wildman–Crippen LogP) is 9.63. The van der Waals surface area contributed by atoms with Gasteiger partial charge in [-0.05, 0) is 89.9 Å². The number of carbonyl (C=O) groups is 3. The van der Waals surface area contributed by atoms with Crippen molar-refractivity contribution in [3.05, 3.63) is 186 Å². The zero-order chi connectivity index (χ0) is 36.1. The van der Waals surface area contributed by atoms with Crippen molar-refractivity contribution in [2.45, 2.75) is 17.1 Å². The number of thioether (sulfide) groups is 1. The van der Waals surface area contributed by atoms with Gasteiger partial charge in [0.2, 0.25) is 5.91 Å². The van der Waals surface area contributed by atoms with Crippen LogP contribution in [0.1, 0.15) is 33.7 Å². The molecule has 7 nitrogen and oxygen atoms in total. The van der Waals surface area contributed by atoms with Crippen LogP contribution in [0.15, 0.2) is 174 Å². The fourth-order valence-corrected chi connectivity index (χ4v) is 6.49. The lowest BCUT2D eigenvalue weighted by Gasteiger charge is -2.18. The maximum Gasteiger partial charge on any atom is 0.272 e. The van der Waals surface area contributed by atoms with Gasteiger partial charge in [0, 0.05) is 21.8 Å². The van der Waals surface area contributed by atoms with Crippen LogP contribution in [0, 0.1) is 0 Å². The van der Waals surface area contributed by atoms with Gasteiger partial charge in [-0.3, -0.25) is 14.4 Å². The van der Waals surface area contributed by atoms with Crippen LogP contribution in [0.5, 0.6) is 5.75 Å². The Kier molecular flexibility index (Phi) is 11.9. The standard InChI is InChI=1S/C44H37N3O4S/c1-2-51-38-27-25-36(26-28-38)45-44(50)41(34-15-8-4-9-16-34)52-39-20-12-19-37(30-39)46-43(49)40(47-42(48)35-17-10-5-11-18-35)29-31-21-23-33(24-22-31)32-13-6-3-7-14-32/h3-30,41H,2H2,1H3,(H,45,50)(H,46,49)(H,47,48)/b40-29+. The van der Waals surface area contributed by atoms with E-state index in [1.807, 2.05) is 140 Å². The van der Waals surface area contributed by atoms with Crippen LogP contribution in [0.25, 0.3) is 17.2 Å². The summed E-state index contributed by atoms with van der Waals surface area (Å²) in [7, 11) is 0. The number of amides is 3. The van der Waals surface area contributed by atoms with Crippen molar-refractivity contribution in [2.24, 2.45) is 0 Å². The maximum absolute atomic E-state index is 13.8. The minimum absolute atomic E-state index is 0.0799. The van der Waals surface area contributed by atoms with Gasteiger partial charge in [-0.15, -0.1) is 11.8 Å². The highest BCUT2D eigenvalue weighted by molar-refractivity contribution is 8.00. The molecule has 8 heteroatoms. The lowest BCUT2D eigenvalue weighted by molar-refractivity contribution is -0.116. The first kappa shape index (κ1) is 35.4. The highest BCUT2D eigenvalue weighted by Crippen LogP contribution is 2.37. The van der Waals surface area contributed by atoms with Crippen molar-refractivity contribution in [3.63, 3.8) is 0 Å². The molecule has 0 radical (unpaired) electrons. The molecule has 0 heterocycles. The van der Waals surface area contributed by atoms with Crippen molar-refractivity contribution >= 4 is 46.9 Å². The van der Waals surface area contributed by atoms with Gasteiger partial charge >= 0.3 is 0 Å². The van der Waals surface area contributed by atoms with E-state index in [2.05, 4.69) is 16.0 Å². The number of hydrogen-bond acceptors (Lipinski definition) is 5. The molecule has 0 aliphatic rings. The van der Waals surface area contributed by atoms with Crippen LogP contribution in [0.3, 0.4) is 0 Å². The zero-order valence-electron chi connectivity index (χ0n) is 28.5. The Balaban J connectivity index is 1.22. The van der Waals surface area contributed by atoms with Gasteiger partial charge < -0.3 is 20.7 Å². The molecular formula is C44H37N3O4S. The molecular weight excluding hydrogens is 667 g/mol. The van der Waals surface area contributed by atoms with Crippen molar-refractivity contribution in [2.75, 3.05) is 17.2 Å². The Morgan fingerprint density at radius 3 is 1.96 bits per heavy atom. The molecule has 0 bridgehead atoms. The number of nitrogens with one attached hydrogen (secondary N) is 3. The minimum atomic E-state index is -0.585. The summed E-state index contributed by atoms with van der Waals surface area (Å²) < 4.78 is 5.53. The van der Waals surface area contributed by atoms with Gasteiger partial charge in [0.15, 0.2) is 0 Å². The summed E-state index contributed by atoms with van der Waals surface area (Å²) in [6.45, 7) is 2.48. The Morgan fingerprint density at radius 2 is 1.29 bits per heavy atom.